The highest BCUT2D eigenvalue weighted by Gasteiger charge is 2.36. The molecule has 0 spiro atoms. The van der Waals surface area contributed by atoms with Crippen molar-refractivity contribution in [2.24, 2.45) is 0 Å². The van der Waals surface area contributed by atoms with E-state index in [9.17, 15) is 0 Å². The third-order valence-corrected chi connectivity index (χ3v) is 8.35. The summed E-state index contributed by atoms with van der Waals surface area (Å²) in [6.07, 6.45) is 0. The van der Waals surface area contributed by atoms with Gasteiger partial charge in [0.25, 0.3) is 0 Å². The first-order valence-electron chi connectivity index (χ1n) is 9.63. The van der Waals surface area contributed by atoms with Crippen LogP contribution in [0, 0.1) is 0 Å². The monoisotopic (exact) mass is 357 g/mol. The van der Waals surface area contributed by atoms with Crippen LogP contribution in [0.4, 0.5) is 0 Å². The van der Waals surface area contributed by atoms with Gasteiger partial charge in [0, 0.05) is 0 Å². The van der Waals surface area contributed by atoms with E-state index >= 15 is 0 Å². The topological polar surface area (TPSA) is 0 Å². The Morgan fingerprint density at radius 2 is 0.630 bits per heavy atom. The van der Waals surface area contributed by atoms with Gasteiger partial charge in [-0.1, -0.05) is 97.1 Å². The summed E-state index contributed by atoms with van der Waals surface area (Å²) in [4.78, 5) is 0. The van der Waals surface area contributed by atoms with Crippen molar-refractivity contribution >= 4 is 15.2 Å². The fourth-order valence-electron chi connectivity index (χ4n) is 5.00. The summed E-state index contributed by atoms with van der Waals surface area (Å²) in [7, 11) is 0. The van der Waals surface area contributed by atoms with Gasteiger partial charge in [0.15, 0.2) is 0 Å². The zero-order valence-corrected chi connectivity index (χ0v) is 16.1. The summed E-state index contributed by atoms with van der Waals surface area (Å²) >= 11 is 0.169. The smallest absolute Gasteiger partial charge is 0.0620 e. The summed E-state index contributed by atoms with van der Waals surface area (Å²) in [5.41, 5.74) is 11.8. The number of hydrogen-bond acceptors (Lipinski definition) is 0. The normalized spacial score (nSPS) is 14.4. The number of rotatable bonds is 2. The molecule has 0 atom stereocenters. The van der Waals surface area contributed by atoms with Gasteiger partial charge >= 0.3 is 0 Å². The van der Waals surface area contributed by atoms with E-state index in [0.717, 1.165) is 0 Å². The molecule has 0 fully saturated rings. The van der Waals surface area contributed by atoms with Gasteiger partial charge < -0.3 is 0 Å². The van der Waals surface area contributed by atoms with E-state index in [1.807, 2.05) is 0 Å². The van der Waals surface area contributed by atoms with Crippen molar-refractivity contribution in [2.45, 2.75) is 9.56 Å². The Morgan fingerprint density at radius 1 is 0.370 bits per heavy atom. The molecule has 0 saturated heterocycles. The van der Waals surface area contributed by atoms with Gasteiger partial charge in [-0.25, -0.2) is 0 Å². The van der Waals surface area contributed by atoms with E-state index in [1.54, 1.807) is 0 Å². The van der Waals surface area contributed by atoms with Crippen LogP contribution in [0.15, 0.2) is 97.1 Å². The van der Waals surface area contributed by atoms with Crippen LogP contribution in [-0.4, -0.2) is 15.2 Å². The second-order valence-electron chi connectivity index (χ2n) is 7.50. The molecule has 2 aliphatic rings. The Hall–Kier alpha value is -2.59. The maximum absolute atomic E-state index is 2.35. The summed E-state index contributed by atoms with van der Waals surface area (Å²) in [5.74, 6) is 0. The first-order valence-corrected chi connectivity index (χ1v) is 11.0. The quantitative estimate of drug-likeness (QED) is 0.373. The van der Waals surface area contributed by atoms with Gasteiger partial charge in [0.1, 0.15) is 0 Å². The van der Waals surface area contributed by atoms with Crippen LogP contribution in [0.25, 0.3) is 22.3 Å². The number of fused-ring (bicyclic) bond motifs is 6. The Labute approximate surface area is 166 Å². The summed E-state index contributed by atoms with van der Waals surface area (Å²) < 4.78 is 1.09. The van der Waals surface area contributed by atoms with Gasteiger partial charge in [0.2, 0.25) is 15.2 Å². The molecule has 0 heterocycles. The first kappa shape index (κ1) is 15.5. The van der Waals surface area contributed by atoms with Gasteiger partial charge in [-0.2, -0.15) is 0 Å². The van der Waals surface area contributed by atoms with Crippen molar-refractivity contribution in [2.75, 3.05) is 0 Å². The van der Waals surface area contributed by atoms with Crippen molar-refractivity contribution in [3.05, 3.63) is 119 Å². The van der Waals surface area contributed by atoms with Gasteiger partial charge in [-0.3, -0.25) is 0 Å². The molecule has 0 nitrogen and oxygen atoms in total. The molecule has 0 unspecified atom stereocenters. The molecule has 0 N–H and O–H groups in total. The zero-order chi connectivity index (χ0) is 17.8. The van der Waals surface area contributed by atoms with E-state index in [-0.39, 0.29) is 15.2 Å². The Kier molecular flexibility index (Phi) is 3.42. The molecule has 27 heavy (non-hydrogen) atoms. The zero-order valence-electron chi connectivity index (χ0n) is 15.0. The lowest BCUT2D eigenvalue weighted by Crippen LogP contribution is -2.16. The van der Waals surface area contributed by atoms with Crippen LogP contribution in [0.2, 0.25) is 0 Å². The van der Waals surface area contributed by atoms with Crippen LogP contribution in [0.3, 0.4) is 0 Å². The minimum atomic E-state index is 0.169. The van der Waals surface area contributed by atoms with Crippen LogP contribution in [-0.2, 0) is 0 Å². The fraction of sp³-hybridized carbons (Fsp3) is 0.0769. The molecule has 6 rings (SSSR count). The molecule has 4 aromatic carbocycles. The molecule has 0 bridgehead atoms. The van der Waals surface area contributed by atoms with E-state index in [2.05, 4.69) is 97.1 Å². The van der Waals surface area contributed by atoms with E-state index in [4.69, 9.17) is 0 Å². The predicted octanol–water partition coefficient (Wildman–Crippen LogP) is 6.23. The van der Waals surface area contributed by atoms with E-state index in [1.165, 1.54) is 44.5 Å². The van der Waals surface area contributed by atoms with E-state index in [0.29, 0.717) is 9.56 Å². The Balaban J connectivity index is 1.51. The third kappa shape index (κ3) is 2.23. The average Bonchev–Trinajstić information content (AvgIpc) is 3.23. The predicted molar refractivity (Wildman–Crippen MR) is 113 cm³/mol. The molecule has 0 amide bonds. The molecule has 0 aliphatic heterocycles. The first-order chi connectivity index (χ1) is 13.4. The Morgan fingerprint density at radius 3 is 0.926 bits per heavy atom. The lowest BCUT2D eigenvalue weighted by Gasteiger charge is -2.19. The highest BCUT2D eigenvalue weighted by molar-refractivity contribution is 6.44. The lowest BCUT2D eigenvalue weighted by molar-refractivity contribution is 1.09. The van der Waals surface area contributed by atoms with Crippen molar-refractivity contribution in [3.63, 3.8) is 0 Å². The van der Waals surface area contributed by atoms with Crippen LogP contribution in [0.5, 0.6) is 0 Å². The highest BCUT2D eigenvalue weighted by atomic mass is 27.1. The Bertz CT molecular complexity index is 990. The third-order valence-electron chi connectivity index (χ3n) is 6.15. The molecule has 125 valence electrons. The van der Waals surface area contributed by atoms with Crippen molar-refractivity contribution in [3.8, 4) is 22.3 Å². The maximum Gasteiger partial charge on any atom is 0.239 e. The summed E-state index contributed by atoms with van der Waals surface area (Å²) in [5, 5.41) is 0. The van der Waals surface area contributed by atoms with Crippen molar-refractivity contribution in [1.82, 2.24) is 0 Å². The maximum atomic E-state index is 2.35. The molecular weight excluding hydrogens is 339 g/mol. The minimum Gasteiger partial charge on any atom is -0.0620 e. The van der Waals surface area contributed by atoms with E-state index < -0.39 is 0 Å². The number of benzene rings is 4. The van der Waals surface area contributed by atoms with Gasteiger partial charge in [-0.05, 0) is 54.1 Å². The standard InChI is InChI=1S/2C13H9.Al/c2*1-3-7-12-10(5-1)9-11-6-2-4-8-13(11)12;/h2*1-9H;. The molecule has 1 radical (unpaired) electrons. The number of hydrogen-bond donors (Lipinski definition) is 0. The van der Waals surface area contributed by atoms with Gasteiger partial charge in [-0.15, -0.1) is 0 Å². The lowest BCUT2D eigenvalue weighted by atomic mass is 10.1. The minimum absolute atomic E-state index is 0.169. The largest absolute Gasteiger partial charge is 0.239 e. The molecule has 1 heteroatoms. The molecule has 0 aromatic heterocycles. The SMILES string of the molecule is c1ccc2c(c1)-c1ccccc1[CH]2[Al][CH]1c2ccccc2-c2ccccc21. The fourth-order valence-corrected chi connectivity index (χ4v) is 7.37. The van der Waals surface area contributed by atoms with Crippen LogP contribution < -0.4 is 0 Å². The van der Waals surface area contributed by atoms with Crippen LogP contribution >= 0.6 is 0 Å². The molecule has 2 aliphatic carbocycles. The van der Waals surface area contributed by atoms with Crippen molar-refractivity contribution in [1.29, 1.82) is 0 Å². The summed E-state index contributed by atoms with van der Waals surface area (Å²) in [6.45, 7) is 0. The second kappa shape index (κ2) is 5.96. The molecule has 0 saturated carbocycles. The second-order valence-corrected chi connectivity index (χ2v) is 9.22. The average molecular weight is 357 g/mol. The molecular formula is C26H18Al. The molecule has 4 aromatic rings. The van der Waals surface area contributed by atoms with Gasteiger partial charge in [0.05, 0.1) is 0 Å². The summed E-state index contributed by atoms with van der Waals surface area (Å²) in [6, 6.07) is 36.1. The van der Waals surface area contributed by atoms with Crippen molar-refractivity contribution < 1.29 is 0 Å². The highest BCUT2D eigenvalue weighted by Crippen LogP contribution is 2.50. The van der Waals surface area contributed by atoms with Crippen LogP contribution in [0.1, 0.15) is 31.8 Å².